The van der Waals surface area contributed by atoms with Crippen molar-refractivity contribution in [3.05, 3.63) is 33.8 Å². The molecular weight excluding hydrogens is 258 g/mol. The number of allylic oxidation sites excluding steroid dienone is 3. The fourth-order valence-electron chi connectivity index (χ4n) is 2.57. The van der Waals surface area contributed by atoms with Crippen molar-refractivity contribution in [2.75, 3.05) is 5.73 Å². The number of nitrogens with two attached hydrogens (primary N) is 2. The van der Waals surface area contributed by atoms with Gasteiger partial charge < -0.3 is 11.5 Å². The molecule has 0 bridgehead atoms. The van der Waals surface area contributed by atoms with E-state index in [1.807, 2.05) is 0 Å². The van der Waals surface area contributed by atoms with Gasteiger partial charge in [-0.15, -0.1) is 0 Å². The molecule has 4 N–H and O–H groups in total. The predicted octanol–water partition coefficient (Wildman–Crippen LogP) is 0.0798. The molecular formula is C13H15N5O2. The number of hydrogen-bond acceptors (Lipinski definition) is 5. The Morgan fingerprint density at radius 1 is 1.15 bits per heavy atom. The number of aromatic nitrogens is 2. The van der Waals surface area contributed by atoms with E-state index < -0.39 is 0 Å². The third kappa shape index (κ3) is 1.70. The van der Waals surface area contributed by atoms with Gasteiger partial charge in [0.05, 0.1) is 11.4 Å². The second-order valence-corrected chi connectivity index (χ2v) is 4.93. The topological polar surface area (TPSA) is 108 Å². The Kier molecular flexibility index (Phi) is 2.63. The molecule has 7 nitrogen and oxygen atoms in total. The van der Waals surface area contributed by atoms with E-state index in [1.54, 1.807) is 16.3 Å². The molecule has 0 spiro atoms. The Morgan fingerprint density at radius 2 is 1.85 bits per heavy atom. The van der Waals surface area contributed by atoms with Crippen LogP contribution in [0.3, 0.4) is 0 Å². The van der Waals surface area contributed by atoms with Crippen LogP contribution >= 0.6 is 0 Å². The number of anilines is 1. The van der Waals surface area contributed by atoms with Gasteiger partial charge in [-0.3, -0.25) is 14.3 Å². The largest absolute Gasteiger partial charge is 0.397 e. The molecule has 2 aliphatic rings. The molecule has 1 aliphatic carbocycles. The van der Waals surface area contributed by atoms with E-state index in [-0.39, 0.29) is 22.7 Å². The number of aliphatic imine (C=N–C) groups is 1. The molecule has 1 aliphatic heterocycles. The second-order valence-electron chi connectivity index (χ2n) is 4.93. The van der Waals surface area contributed by atoms with E-state index in [2.05, 4.69) is 4.99 Å². The number of carbonyl (C=O) groups excluding carboxylic acids is 1. The van der Waals surface area contributed by atoms with Gasteiger partial charge in [-0.05, 0) is 25.0 Å². The third-order valence-electron chi connectivity index (χ3n) is 3.52. The van der Waals surface area contributed by atoms with Crippen LogP contribution in [0.5, 0.6) is 0 Å². The van der Waals surface area contributed by atoms with Crippen molar-refractivity contribution < 1.29 is 4.79 Å². The number of nitrogens with zero attached hydrogens (tertiary/aromatic N) is 3. The Bertz CT molecular complexity index is 736. The molecule has 0 aromatic carbocycles. The minimum absolute atomic E-state index is 0.178. The normalized spacial score (nSPS) is 20.1. The van der Waals surface area contributed by atoms with Gasteiger partial charge >= 0.3 is 0 Å². The van der Waals surface area contributed by atoms with Gasteiger partial charge in [0.2, 0.25) is 0 Å². The van der Waals surface area contributed by atoms with Crippen molar-refractivity contribution in [3.63, 3.8) is 0 Å². The van der Waals surface area contributed by atoms with E-state index in [1.165, 1.54) is 12.2 Å². The minimum Gasteiger partial charge on any atom is -0.397 e. The number of fused-ring (bicyclic) bond motifs is 1. The summed E-state index contributed by atoms with van der Waals surface area (Å²) in [6, 6.07) is 0. The number of hydrogen-bond donors (Lipinski definition) is 2. The Balaban J connectivity index is 2.15. The lowest BCUT2D eigenvalue weighted by molar-refractivity contribution is -0.110. The zero-order valence-electron chi connectivity index (χ0n) is 11.1. The monoisotopic (exact) mass is 273 g/mol. The van der Waals surface area contributed by atoms with Gasteiger partial charge in [0, 0.05) is 19.2 Å². The van der Waals surface area contributed by atoms with Crippen LogP contribution in [0.1, 0.15) is 13.3 Å². The lowest BCUT2D eigenvalue weighted by atomic mass is 10.0. The van der Waals surface area contributed by atoms with Gasteiger partial charge in [-0.1, -0.05) is 0 Å². The molecule has 1 aromatic heterocycles. The number of ketones is 1. The number of carbonyl (C=O) groups is 1. The first kappa shape index (κ1) is 12.5. The average molecular weight is 273 g/mol. The number of nitrogen functional groups attached to an aromatic ring is 1. The van der Waals surface area contributed by atoms with Crippen LogP contribution in [0.2, 0.25) is 0 Å². The van der Waals surface area contributed by atoms with E-state index in [0.29, 0.717) is 30.2 Å². The Morgan fingerprint density at radius 3 is 2.50 bits per heavy atom. The van der Waals surface area contributed by atoms with Crippen LogP contribution in [0.25, 0.3) is 0 Å². The van der Waals surface area contributed by atoms with Crippen molar-refractivity contribution in [3.8, 4) is 0 Å². The number of rotatable bonds is 1. The molecule has 7 heteroatoms. The summed E-state index contributed by atoms with van der Waals surface area (Å²) < 4.78 is 3.32. The lowest BCUT2D eigenvalue weighted by Crippen LogP contribution is -2.20. The summed E-state index contributed by atoms with van der Waals surface area (Å²) in [4.78, 5) is 27.9. The first-order chi connectivity index (χ1) is 9.49. The maximum Gasteiger partial charge on any atom is 0.294 e. The summed E-state index contributed by atoms with van der Waals surface area (Å²) in [5.74, 6) is 0.167. The fourth-order valence-corrected chi connectivity index (χ4v) is 2.57. The predicted molar refractivity (Wildman–Crippen MR) is 75.9 cm³/mol. The zero-order chi connectivity index (χ0) is 14.4. The molecule has 0 fully saturated rings. The highest BCUT2D eigenvalue weighted by atomic mass is 16.1. The summed E-state index contributed by atoms with van der Waals surface area (Å²) in [6.07, 6.45) is 3.63. The van der Waals surface area contributed by atoms with E-state index in [9.17, 15) is 9.59 Å². The molecule has 0 saturated carbocycles. The first-order valence-corrected chi connectivity index (χ1v) is 6.37. The highest BCUT2D eigenvalue weighted by molar-refractivity contribution is 6.22. The zero-order valence-corrected chi connectivity index (χ0v) is 11.1. The van der Waals surface area contributed by atoms with Crippen LogP contribution in [0, 0.1) is 0 Å². The highest BCUT2D eigenvalue weighted by Gasteiger charge is 2.23. The maximum atomic E-state index is 12.2. The van der Waals surface area contributed by atoms with E-state index in [0.717, 1.165) is 6.42 Å². The molecule has 0 atom stereocenters. The molecule has 0 unspecified atom stereocenters. The van der Waals surface area contributed by atoms with Crippen molar-refractivity contribution in [1.82, 2.24) is 9.36 Å². The molecule has 2 heterocycles. The molecule has 20 heavy (non-hydrogen) atoms. The molecule has 104 valence electrons. The van der Waals surface area contributed by atoms with Crippen molar-refractivity contribution in [2.45, 2.75) is 26.4 Å². The van der Waals surface area contributed by atoms with Crippen molar-refractivity contribution in [2.24, 2.45) is 10.7 Å². The fraction of sp³-hybridized carbons (Fsp3) is 0.308. The Labute approximate surface area is 114 Å². The SMILES string of the molecule is CC1=CC(=O)C=C(N)/C1=N/c1c(N)n2n(c1=O)CCC2. The lowest BCUT2D eigenvalue weighted by Gasteiger charge is -2.10. The molecule has 3 rings (SSSR count). The van der Waals surface area contributed by atoms with Crippen LogP contribution in [0.4, 0.5) is 11.5 Å². The van der Waals surface area contributed by atoms with E-state index >= 15 is 0 Å². The summed E-state index contributed by atoms with van der Waals surface area (Å²) in [5.41, 5.74) is 13.1. The van der Waals surface area contributed by atoms with Crippen LogP contribution < -0.4 is 17.0 Å². The minimum atomic E-state index is -0.218. The summed E-state index contributed by atoms with van der Waals surface area (Å²) in [5, 5.41) is 0. The molecule has 0 amide bonds. The van der Waals surface area contributed by atoms with Crippen LogP contribution in [0.15, 0.2) is 33.2 Å². The van der Waals surface area contributed by atoms with Gasteiger partial charge in [-0.25, -0.2) is 9.67 Å². The molecule has 0 radical (unpaired) electrons. The second kappa shape index (κ2) is 4.22. The summed E-state index contributed by atoms with van der Waals surface area (Å²) in [6.45, 7) is 3.09. The van der Waals surface area contributed by atoms with Crippen LogP contribution in [-0.2, 0) is 17.9 Å². The first-order valence-electron chi connectivity index (χ1n) is 6.37. The van der Waals surface area contributed by atoms with Gasteiger partial charge in [0.25, 0.3) is 5.56 Å². The molecule has 1 aromatic rings. The third-order valence-corrected chi connectivity index (χ3v) is 3.52. The summed E-state index contributed by atoms with van der Waals surface area (Å²) >= 11 is 0. The standard InChI is InChI=1S/C13H15N5O2/c1-7-5-8(19)6-9(14)10(7)16-11-12(15)17-3-2-4-18(17)13(11)20/h5-6H,2-4,14-15H2,1H3/b16-10+. The van der Waals surface area contributed by atoms with Crippen molar-refractivity contribution >= 4 is 23.0 Å². The average Bonchev–Trinajstić information content (AvgIpc) is 2.92. The van der Waals surface area contributed by atoms with Gasteiger partial charge in [0.1, 0.15) is 0 Å². The molecule has 0 saturated heterocycles. The highest BCUT2D eigenvalue weighted by Crippen LogP contribution is 2.24. The maximum absolute atomic E-state index is 12.2. The van der Waals surface area contributed by atoms with Gasteiger partial charge in [0.15, 0.2) is 17.3 Å². The van der Waals surface area contributed by atoms with Crippen molar-refractivity contribution in [1.29, 1.82) is 0 Å². The smallest absolute Gasteiger partial charge is 0.294 e. The van der Waals surface area contributed by atoms with Crippen LogP contribution in [-0.4, -0.2) is 20.9 Å². The Hall–Kier alpha value is -2.57. The summed E-state index contributed by atoms with van der Waals surface area (Å²) in [7, 11) is 0. The van der Waals surface area contributed by atoms with E-state index in [4.69, 9.17) is 11.5 Å². The van der Waals surface area contributed by atoms with Gasteiger partial charge in [-0.2, -0.15) is 0 Å². The quantitative estimate of drug-likeness (QED) is 0.706.